The number of methoxy groups -OCH3 is 1. The number of hydrogen-bond acceptors (Lipinski definition) is 5. The van der Waals surface area contributed by atoms with Crippen molar-refractivity contribution in [3.8, 4) is 11.5 Å². The van der Waals surface area contributed by atoms with E-state index >= 15 is 0 Å². The maximum absolute atomic E-state index is 13.4. The maximum atomic E-state index is 13.4. The van der Waals surface area contributed by atoms with E-state index in [9.17, 15) is 13.2 Å². The first kappa shape index (κ1) is 24.9. The fraction of sp³-hybridized carbons (Fsp3) is 0.458. The van der Waals surface area contributed by atoms with Gasteiger partial charge in [0.1, 0.15) is 11.5 Å². The van der Waals surface area contributed by atoms with Crippen LogP contribution < -0.4 is 19.1 Å². The van der Waals surface area contributed by atoms with Crippen molar-refractivity contribution in [1.82, 2.24) is 9.62 Å². The van der Waals surface area contributed by atoms with Crippen LogP contribution in [0.15, 0.2) is 48.5 Å². The molecule has 0 aliphatic carbocycles. The van der Waals surface area contributed by atoms with E-state index in [2.05, 4.69) is 5.32 Å². The van der Waals surface area contributed by atoms with Crippen LogP contribution in [0.25, 0.3) is 0 Å². The molecule has 3 rings (SSSR count). The summed E-state index contributed by atoms with van der Waals surface area (Å²) >= 11 is 0. The van der Waals surface area contributed by atoms with Gasteiger partial charge >= 0.3 is 10.2 Å². The molecule has 8 nitrogen and oxygen atoms in total. The molecule has 2 aromatic rings. The van der Waals surface area contributed by atoms with Gasteiger partial charge in [0.25, 0.3) is 0 Å². The molecule has 180 valence electrons. The van der Waals surface area contributed by atoms with Gasteiger partial charge in [-0.3, -0.25) is 9.10 Å². The molecular formula is C24H33N3O5S. The number of carbonyl (C=O) groups excluding carboxylic acids is 1. The Balaban J connectivity index is 1.64. The van der Waals surface area contributed by atoms with Gasteiger partial charge < -0.3 is 14.8 Å². The summed E-state index contributed by atoms with van der Waals surface area (Å²) in [6, 6.07) is 14.5. The minimum Gasteiger partial charge on any atom is -0.497 e. The van der Waals surface area contributed by atoms with E-state index in [4.69, 9.17) is 9.47 Å². The highest BCUT2D eigenvalue weighted by Crippen LogP contribution is 2.27. The quantitative estimate of drug-likeness (QED) is 0.570. The normalized spacial score (nSPS) is 16.8. The summed E-state index contributed by atoms with van der Waals surface area (Å²) in [6.45, 7) is 5.50. The highest BCUT2D eigenvalue weighted by molar-refractivity contribution is 7.90. The lowest BCUT2D eigenvalue weighted by Gasteiger charge is -2.35. The number of nitrogens with zero attached hydrogens (tertiary/aromatic N) is 2. The van der Waals surface area contributed by atoms with E-state index < -0.39 is 10.2 Å². The predicted molar refractivity (Wildman–Crippen MR) is 129 cm³/mol. The van der Waals surface area contributed by atoms with Crippen molar-refractivity contribution in [1.29, 1.82) is 0 Å². The average Bonchev–Trinajstić information content (AvgIpc) is 2.84. The first-order valence-corrected chi connectivity index (χ1v) is 12.7. The number of nitrogens with one attached hydrogen (secondary N) is 1. The fourth-order valence-electron chi connectivity index (χ4n) is 3.94. The number of hydrogen-bond donors (Lipinski definition) is 1. The molecule has 2 aromatic carbocycles. The lowest BCUT2D eigenvalue weighted by atomic mass is 9.99. The van der Waals surface area contributed by atoms with Crippen LogP contribution in [0.2, 0.25) is 0 Å². The first-order valence-electron chi connectivity index (χ1n) is 11.3. The molecule has 0 bridgehead atoms. The molecule has 9 heteroatoms. The summed E-state index contributed by atoms with van der Waals surface area (Å²) < 4.78 is 40.2. The topological polar surface area (TPSA) is 88.2 Å². The van der Waals surface area contributed by atoms with Gasteiger partial charge in [0.2, 0.25) is 5.91 Å². The Morgan fingerprint density at radius 1 is 1.09 bits per heavy atom. The average molecular weight is 476 g/mol. The molecule has 1 amide bonds. The summed E-state index contributed by atoms with van der Waals surface area (Å²) in [5, 5.41) is 2.94. The standard InChI is InChI=1S/C24H33N3O5S/c1-4-27(21-10-14-23(15-11-21)32-5-2)33(29,30)26-16-6-7-20(18-26)24(28)25-17-19-8-12-22(31-3)13-9-19/h8-15,20H,4-7,16-18H2,1-3H3,(H,25,28)/t20-/m0/s1. The summed E-state index contributed by atoms with van der Waals surface area (Å²) in [4.78, 5) is 12.8. The molecule has 0 spiro atoms. The van der Waals surface area contributed by atoms with Crippen molar-refractivity contribution in [2.45, 2.75) is 33.2 Å². The van der Waals surface area contributed by atoms with Crippen molar-refractivity contribution < 1.29 is 22.7 Å². The number of rotatable bonds is 10. The molecule has 1 heterocycles. The molecule has 1 atom stereocenters. The molecule has 33 heavy (non-hydrogen) atoms. The van der Waals surface area contributed by atoms with Crippen LogP contribution in [0.4, 0.5) is 5.69 Å². The van der Waals surface area contributed by atoms with Gasteiger partial charge in [-0.2, -0.15) is 12.7 Å². The van der Waals surface area contributed by atoms with Crippen LogP contribution in [-0.2, 0) is 21.5 Å². The number of carbonyl (C=O) groups is 1. The van der Waals surface area contributed by atoms with Crippen LogP contribution in [0.3, 0.4) is 0 Å². The van der Waals surface area contributed by atoms with Gasteiger partial charge in [0.15, 0.2) is 0 Å². The minimum atomic E-state index is -3.76. The second kappa shape index (κ2) is 11.4. The number of anilines is 1. The minimum absolute atomic E-state index is 0.130. The van der Waals surface area contributed by atoms with Gasteiger partial charge in [0.05, 0.1) is 25.3 Å². The zero-order chi connectivity index (χ0) is 23.8. The molecule has 0 unspecified atom stereocenters. The highest BCUT2D eigenvalue weighted by atomic mass is 32.2. The fourth-order valence-corrected chi connectivity index (χ4v) is 5.66. The Morgan fingerprint density at radius 3 is 2.36 bits per heavy atom. The molecule has 0 aromatic heterocycles. The summed E-state index contributed by atoms with van der Waals surface area (Å²) in [5.74, 6) is 0.938. The molecule has 1 saturated heterocycles. The third kappa shape index (κ3) is 6.17. The number of benzene rings is 2. The Kier molecular flexibility index (Phi) is 8.57. The van der Waals surface area contributed by atoms with Crippen molar-refractivity contribution >= 4 is 21.8 Å². The van der Waals surface area contributed by atoms with Crippen LogP contribution in [0.1, 0.15) is 32.3 Å². The Bertz CT molecular complexity index is 1010. The molecule has 0 radical (unpaired) electrons. The number of ether oxygens (including phenoxy) is 2. The van der Waals surface area contributed by atoms with Crippen molar-refractivity contribution in [2.24, 2.45) is 5.92 Å². The van der Waals surface area contributed by atoms with E-state index in [0.717, 1.165) is 11.3 Å². The van der Waals surface area contributed by atoms with E-state index in [1.54, 1.807) is 38.3 Å². The SMILES string of the molecule is CCOc1ccc(N(CC)S(=O)(=O)N2CCC[C@H](C(=O)NCc3ccc(OC)cc3)C2)cc1. The van der Waals surface area contributed by atoms with E-state index in [0.29, 0.717) is 50.5 Å². The van der Waals surface area contributed by atoms with Crippen LogP contribution in [-0.4, -0.2) is 52.0 Å². The summed E-state index contributed by atoms with van der Waals surface area (Å²) in [5.41, 5.74) is 1.53. The Morgan fingerprint density at radius 2 is 1.76 bits per heavy atom. The summed E-state index contributed by atoms with van der Waals surface area (Å²) in [7, 11) is -2.16. The highest BCUT2D eigenvalue weighted by Gasteiger charge is 2.35. The second-order valence-corrected chi connectivity index (χ2v) is 9.72. The third-order valence-corrected chi connectivity index (χ3v) is 7.72. The Labute approximate surface area is 196 Å². The second-order valence-electron chi connectivity index (χ2n) is 7.86. The van der Waals surface area contributed by atoms with Gasteiger partial charge in [-0.05, 0) is 68.7 Å². The maximum Gasteiger partial charge on any atom is 0.304 e. The van der Waals surface area contributed by atoms with Crippen molar-refractivity contribution in [3.63, 3.8) is 0 Å². The third-order valence-electron chi connectivity index (χ3n) is 5.71. The largest absolute Gasteiger partial charge is 0.497 e. The molecule has 1 aliphatic heterocycles. The molecular weight excluding hydrogens is 442 g/mol. The van der Waals surface area contributed by atoms with Crippen molar-refractivity contribution in [2.75, 3.05) is 37.7 Å². The van der Waals surface area contributed by atoms with Gasteiger partial charge in [0, 0.05) is 26.2 Å². The molecule has 0 saturated carbocycles. The first-order chi connectivity index (χ1) is 15.9. The van der Waals surface area contributed by atoms with Crippen LogP contribution in [0, 0.1) is 5.92 Å². The lowest BCUT2D eigenvalue weighted by Crippen LogP contribution is -2.50. The molecule has 1 fully saturated rings. The van der Waals surface area contributed by atoms with Crippen LogP contribution in [0.5, 0.6) is 11.5 Å². The molecule has 1 aliphatic rings. The van der Waals surface area contributed by atoms with E-state index in [-0.39, 0.29) is 18.4 Å². The monoisotopic (exact) mass is 475 g/mol. The lowest BCUT2D eigenvalue weighted by molar-refractivity contribution is -0.126. The zero-order valence-corrected chi connectivity index (χ0v) is 20.3. The Hall–Kier alpha value is -2.78. The van der Waals surface area contributed by atoms with Gasteiger partial charge in [-0.15, -0.1) is 0 Å². The summed E-state index contributed by atoms with van der Waals surface area (Å²) in [6.07, 6.45) is 1.30. The number of piperidine rings is 1. The van der Waals surface area contributed by atoms with Gasteiger partial charge in [-0.25, -0.2) is 0 Å². The van der Waals surface area contributed by atoms with E-state index in [1.165, 1.54) is 8.61 Å². The number of amides is 1. The molecule has 1 N–H and O–H groups in total. The van der Waals surface area contributed by atoms with E-state index in [1.807, 2.05) is 31.2 Å². The van der Waals surface area contributed by atoms with Crippen LogP contribution >= 0.6 is 0 Å². The zero-order valence-electron chi connectivity index (χ0n) is 19.5. The predicted octanol–water partition coefficient (Wildman–Crippen LogP) is 3.19. The van der Waals surface area contributed by atoms with Crippen molar-refractivity contribution in [3.05, 3.63) is 54.1 Å². The smallest absolute Gasteiger partial charge is 0.304 e. The van der Waals surface area contributed by atoms with Gasteiger partial charge in [-0.1, -0.05) is 12.1 Å².